The molecule has 0 saturated carbocycles. The Labute approximate surface area is 119 Å². The molecule has 1 rings (SSSR count). The van der Waals surface area contributed by atoms with Gasteiger partial charge in [0.05, 0.1) is 0 Å². The van der Waals surface area contributed by atoms with Gasteiger partial charge in [-0.1, -0.05) is 29.8 Å². The smallest absolute Gasteiger partial charge is 0.281 e. The second-order valence-corrected chi connectivity index (χ2v) is 6.80. The topological polar surface area (TPSA) is 60.9 Å². The molecule has 0 spiro atoms. The molecule has 0 radical (unpaired) electrons. The van der Waals surface area contributed by atoms with Gasteiger partial charge in [0.25, 0.3) is 10.2 Å². The summed E-state index contributed by atoms with van der Waals surface area (Å²) < 4.78 is 26.8. The molecule has 0 saturated heterocycles. The maximum Gasteiger partial charge on any atom is 0.281 e. The minimum absolute atomic E-state index is 0.0336. The van der Waals surface area contributed by atoms with Gasteiger partial charge in [0, 0.05) is 38.8 Å². The van der Waals surface area contributed by atoms with Crippen molar-refractivity contribution in [2.24, 2.45) is 0 Å². The molecule has 0 atom stereocenters. The number of aliphatic hydroxyl groups is 1. The molecule has 0 fully saturated rings. The lowest BCUT2D eigenvalue weighted by Crippen LogP contribution is -2.39. The van der Waals surface area contributed by atoms with Crippen molar-refractivity contribution in [3.8, 4) is 0 Å². The molecule has 0 aliphatic carbocycles. The molecule has 0 heterocycles. The summed E-state index contributed by atoms with van der Waals surface area (Å²) in [6.07, 6.45) is 0.412. The Balaban J connectivity index is 2.76. The predicted octanol–water partition coefficient (Wildman–Crippen LogP) is 1.33. The Hall–Kier alpha value is -0.660. The summed E-state index contributed by atoms with van der Waals surface area (Å²) in [6.45, 7) is 0.464. The quantitative estimate of drug-likeness (QED) is 0.827. The third-order valence-electron chi connectivity index (χ3n) is 2.77. The maximum absolute atomic E-state index is 12.2. The fraction of sp³-hybridized carbons (Fsp3) is 0.500. The molecule has 108 valence electrons. The molecule has 0 aliphatic heterocycles. The zero-order chi connectivity index (χ0) is 14.5. The van der Waals surface area contributed by atoms with Crippen molar-refractivity contribution in [1.82, 2.24) is 8.61 Å². The van der Waals surface area contributed by atoms with E-state index in [4.69, 9.17) is 16.7 Å². The molecule has 19 heavy (non-hydrogen) atoms. The summed E-state index contributed by atoms with van der Waals surface area (Å²) >= 11 is 6.01. The fourth-order valence-corrected chi connectivity index (χ4v) is 2.93. The molecule has 0 amide bonds. The zero-order valence-electron chi connectivity index (χ0n) is 11.1. The average Bonchev–Trinajstić information content (AvgIpc) is 2.38. The molecule has 0 aromatic heterocycles. The highest BCUT2D eigenvalue weighted by molar-refractivity contribution is 7.86. The van der Waals surface area contributed by atoms with Gasteiger partial charge in [-0.15, -0.1) is 0 Å². The highest BCUT2D eigenvalue weighted by Crippen LogP contribution is 2.18. The highest BCUT2D eigenvalue weighted by Gasteiger charge is 2.23. The van der Waals surface area contributed by atoms with Crippen LogP contribution in [0.4, 0.5) is 0 Å². The summed E-state index contributed by atoms with van der Waals surface area (Å²) in [7, 11) is -0.527. The number of benzene rings is 1. The molecule has 7 heteroatoms. The highest BCUT2D eigenvalue weighted by atomic mass is 35.5. The van der Waals surface area contributed by atoms with E-state index in [9.17, 15) is 8.42 Å². The van der Waals surface area contributed by atoms with Gasteiger partial charge < -0.3 is 5.11 Å². The van der Waals surface area contributed by atoms with Gasteiger partial charge in [-0.05, 0) is 18.1 Å². The summed E-state index contributed by atoms with van der Waals surface area (Å²) in [6, 6.07) is 7.14. The van der Waals surface area contributed by atoms with Crippen LogP contribution in [-0.4, -0.2) is 49.4 Å². The van der Waals surface area contributed by atoms with E-state index in [1.54, 1.807) is 18.2 Å². The van der Waals surface area contributed by atoms with E-state index in [2.05, 4.69) is 0 Å². The van der Waals surface area contributed by atoms with Gasteiger partial charge in [-0.25, -0.2) is 0 Å². The first-order valence-electron chi connectivity index (χ1n) is 5.91. The summed E-state index contributed by atoms with van der Waals surface area (Å²) in [5.74, 6) is 0. The molecule has 0 bridgehead atoms. The Morgan fingerprint density at radius 1 is 1.21 bits per heavy atom. The minimum Gasteiger partial charge on any atom is -0.396 e. The van der Waals surface area contributed by atoms with Crippen LogP contribution >= 0.6 is 11.6 Å². The van der Waals surface area contributed by atoms with Gasteiger partial charge in [0.15, 0.2) is 0 Å². The van der Waals surface area contributed by atoms with Crippen LogP contribution in [0, 0.1) is 0 Å². The minimum atomic E-state index is -3.53. The van der Waals surface area contributed by atoms with E-state index in [0.29, 0.717) is 11.4 Å². The number of halogens is 1. The molecule has 0 unspecified atom stereocenters. The molecule has 1 N–H and O–H groups in total. The van der Waals surface area contributed by atoms with Crippen molar-refractivity contribution in [2.75, 3.05) is 27.2 Å². The lowest BCUT2D eigenvalue weighted by molar-refractivity contribution is 0.272. The molecule has 1 aromatic carbocycles. The molecule has 0 aliphatic rings. The van der Waals surface area contributed by atoms with Gasteiger partial charge in [0.2, 0.25) is 0 Å². The lowest BCUT2D eigenvalue weighted by Gasteiger charge is -2.24. The Morgan fingerprint density at radius 3 is 2.42 bits per heavy atom. The first kappa shape index (κ1) is 16.4. The number of hydrogen-bond donors (Lipinski definition) is 1. The van der Waals surface area contributed by atoms with Gasteiger partial charge in [-0.2, -0.15) is 17.0 Å². The van der Waals surface area contributed by atoms with Crippen molar-refractivity contribution in [3.05, 3.63) is 34.9 Å². The standard InChI is InChI=1S/C12H19ClN2O3S/c1-14(8-5-9-16)19(17,18)15(2)10-11-6-3-4-7-12(11)13/h3-4,6-7,16H,5,8-10H2,1-2H3. The van der Waals surface area contributed by atoms with Crippen molar-refractivity contribution in [1.29, 1.82) is 0 Å². The summed E-state index contributed by atoms with van der Waals surface area (Å²) in [5, 5.41) is 9.28. The maximum atomic E-state index is 12.2. The van der Waals surface area contributed by atoms with Crippen LogP contribution in [0.15, 0.2) is 24.3 Å². The summed E-state index contributed by atoms with van der Waals surface area (Å²) in [4.78, 5) is 0. The second kappa shape index (κ2) is 7.21. The SMILES string of the molecule is CN(CCCO)S(=O)(=O)N(C)Cc1ccccc1Cl. The largest absolute Gasteiger partial charge is 0.396 e. The van der Waals surface area contributed by atoms with Crippen LogP contribution in [-0.2, 0) is 16.8 Å². The van der Waals surface area contributed by atoms with Crippen LogP contribution in [0.2, 0.25) is 5.02 Å². The van der Waals surface area contributed by atoms with Crippen LogP contribution in [0.25, 0.3) is 0 Å². The molecular weight excluding hydrogens is 288 g/mol. The van der Waals surface area contributed by atoms with Gasteiger partial charge >= 0.3 is 0 Å². The number of aliphatic hydroxyl groups excluding tert-OH is 1. The second-order valence-electron chi connectivity index (χ2n) is 4.25. The normalized spacial score (nSPS) is 12.3. The number of rotatable bonds is 7. The summed E-state index contributed by atoms with van der Waals surface area (Å²) in [5.41, 5.74) is 0.755. The first-order valence-corrected chi connectivity index (χ1v) is 7.69. The fourth-order valence-electron chi connectivity index (χ4n) is 1.59. The van der Waals surface area contributed by atoms with E-state index in [-0.39, 0.29) is 19.7 Å². The average molecular weight is 307 g/mol. The predicted molar refractivity (Wildman–Crippen MR) is 76.2 cm³/mol. The zero-order valence-corrected chi connectivity index (χ0v) is 12.7. The van der Waals surface area contributed by atoms with Crippen LogP contribution < -0.4 is 0 Å². The number of hydrogen-bond acceptors (Lipinski definition) is 3. The van der Waals surface area contributed by atoms with E-state index in [0.717, 1.165) is 5.56 Å². The molecular formula is C12H19ClN2O3S. The Morgan fingerprint density at radius 2 is 1.84 bits per heavy atom. The van der Waals surface area contributed by atoms with E-state index in [1.165, 1.54) is 22.7 Å². The van der Waals surface area contributed by atoms with Crippen LogP contribution in [0.1, 0.15) is 12.0 Å². The third kappa shape index (κ3) is 4.43. The number of nitrogens with zero attached hydrogens (tertiary/aromatic N) is 2. The third-order valence-corrected chi connectivity index (χ3v) is 5.03. The molecule has 5 nitrogen and oxygen atoms in total. The monoisotopic (exact) mass is 306 g/mol. The van der Waals surface area contributed by atoms with Crippen molar-refractivity contribution < 1.29 is 13.5 Å². The van der Waals surface area contributed by atoms with Crippen molar-refractivity contribution >= 4 is 21.8 Å². The molecule has 1 aromatic rings. The Bertz CT molecular complexity index is 507. The van der Waals surface area contributed by atoms with Gasteiger partial charge in [0.1, 0.15) is 0 Å². The Kier molecular flexibility index (Phi) is 6.22. The first-order chi connectivity index (χ1) is 8.89. The van der Waals surface area contributed by atoms with Crippen LogP contribution in [0.3, 0.4) is 0 Å². The van der Waals surface area contributed by atoms with E-state index >= 15 is 0 Å². The van der Waals surface area contributed by atoms with Crippen molar-refractivity contribution in [2.45, 2.75) is 13.0 Å². The van der Waals surface area contributed by atoms with E-state index < -0.39 is 10.2 Å². The van der Waals surface area contributed by atoms with Gasteiger partial charge in [-0.3, -0.25) is 0 Å². The van der Waals surface area contributed by atoms with Crippen LogP contribution in [0.5, 0.6) is 0 Å². The lowest BCUT2D eigenvalue weighted by atomic mass is 10.2. The van der Waals surface area contributed by atoms with Crippen molar-refractivity contribution in [3.63, 3.8) is 0 Å². The van der Waals surface area contributed by atoms with E-state index in [1.807, 2.05) is 6.07 Å².